The number of ether oxygens (including phenoxy) is 2. The number of hydrogen-bond donors (Lipinski definition) is 2. The lowest BCUT2D eigenvalue weighted by atomic mass is 9.92. The van der Waals surface area contributed by atoms with E-state index in [1.54, 1.807) is 25.1 Å². The predicted octanol–water partition coefficient (Wildman–Crippen LogP) is 3.11. The summed E-state index contributed by atoms with van der Waals surface area (Å²) in [6, 6.07) is 5.21. The average molecular weight is 379 g/mol. The first-order valence-corrected chi connectivity index (χ1v) is 8.21. The molecule has 2 atom stereocenters. The van der Waals surface area contributed by atoms with Crippen LogP contribution in [0.5, 0.6) is 11.5 Å². The van der Waals surface area contributed by atoms with Crippen LogP contribution in [0.25, 0.3) is 0 Å². The molecule has 0 aromatic heterocycles. The van der Waals surface area contributed by atoms with Crippen LogP contribution in [0.1, 0.15) is 32.3 Å². The van der Waals surface area contributed by atoms with Crippen molar-refractivity contribution >= 4 is 18.3 Å². The molecule has 2 N–H and O–H groups in total. The van der Waals surface area contributed by atoms with E-state index < -0.39 is 6.61 Å². The fourth-order valence-corrected chi connectivity index (χ4v) is 2.89. The van der Waals surface area contributed by atoms with Crippen molar-refractivity contribution in [3.05, 3.63) is 23.8 Å². The largest absolute Gasteiger partial charge is 0.490 e. The van der Waals surface area contributed by atoms with Gasteiger partial charge in [-0.1, -0.05) is 12.1 Å². The Morgan fingerprint density at radius 2 is 2.20 bits per heavy atom. The lowest BCUT2D eigenvalue weighted by Crippen LogP contribution is -2.42. The second-order valence-corrected chi connectivity index (χ2v) is 5.85. The summed E-state index contributed by atoms with van der Waals surface area (Å²) >= 11 is 0. The van der Waals surface area contributed by atoms with Crippen LogP contribution >= 0.6 is 12.4 Å². The summed E-state index contributed by atoms with van der Waals surface area (Å²) in [5.74, 6) is 0.109. The first-order chi connectivity index (χ1) is 11.5. The highest BCUT2D eigenvalue weighted by Gasteiger charge is 2.25. The van der Waals surface area contributed by atoms with Gasteiger partial charge in [0.1, 0.15) is 0 Å². The topological polar surface area (TPSA) is 59.6 Å². The molecule has 25 heavy (non-hydrogen) atoms. The second kappa shape index (κ2) is 10.4. The molecule has 0 saturated carbocycles. The van der Waals surface area contributed by atoms with E-state index in [1.165, 1.54) is 0 Å². The van der Waals surface area contributed by atoms with Crippen LogP contribution in [0.15, 0.2) is 18.2 Å². The standard InChI is InChI=1S/C17H24F2N2O3.ClH/c1-3-23-14-6-4-5-13(15(14)24-17(18)19)10-21-16(22)12-7-8-20-11(2)9-12;/h4-6,11-12,17,20H,3,7-10H2,1-2H3,(H,21,22);1H/t11-,12-;/m0./s1. The quantitative estimate of drug-likeness (QED) is 0.765. The van der Waals surface area contributed by atoms with Crippen LogP contribution in [0.2, 0.25) is 0 Å². The van der Waals surface area contributed by atoms with E-state index in [4.69, 9.17) is 4.74 Å². The van der Waals surface area contributed by atoms with Crippen LogP contribution in [0.4, 0.5) is 8.78 Å². The fraction of sp³-hybridized carbons (Fsp3) is 0.588. The van der Waals surface area contributed by atoms with Gasteiger partial charge >= 0.3 is 6.61 Å². The van der Waals surface area contributed by atoms with E-state index >= 15 is 0 Å². The zero-order chi connectivity index (χ0) is 17.5. The number of piperidine rings is 1. The molecule has 1 fully saturated rings. The Bertz CT molecular complexity index is 561. The number of hydrogen-bond acceptors (Lipinski definition) is 4. The molecule has 8 heteroatoms. The summed E-state index contributed by atoms with van der Waals surface area (Å²) in [5.41, 5.74) is 0.469. The lowest BCUT2D eigenvalue weighted by Gasteiger charge is -2.27. The third kappa shape index (κ3) is 6.32. The summed E-state index contributed by atoms with van der Waals surface area (Å²) in [6.07, 6.45) is 1.54. The monoisotopic (exact) mass is 378 g/mol. The fourth-order valence-electron chi connectivity index (χ4n) is 2.89. The minimum Gasteiger partial charge on any atom is -0.490 e. The summed E-state index contributed by atoms with van der Waals surface area (Å²) in [5, 5.41) is 6.12. The molecule has 142 valence electrons. The average Bonchev–Trinajstić information content (AvgIpc) is 2.54. The number of amides is 1. The van der Waals surface area contributed by atoms with Crippen molar-refractivity contribution in [2.75, 3.05) is 13.2 Å². The Morgan fingerprint density at radius 3 is 2.84 bits per heavy atom. The number of carbonyl (C=O) groups excluding carboxylic acids is 1. The molecule has 1 heterocycles. The Balaban J connectivity index is 0.00000312. The molecule has 0 spiro atoms. The number of benzene rings is 1. The van der Waals surface area contributed by atoms with Gasteiger partial charge in [0, 0.05) is 24.1 Å². The Morgan fingerprint density at radius 1 is 1.44 bits per heavy atom. The maximum Gasteiger partial charge on any atom is 0.387 e. The predicted molar refractivity (Wildman–Crippen MR) is 93.5 cm³/mol. The summed E-state index contributed by atoms with van der Waals surface area (Å²) in [7, 11) is 0. The Labute approximate surface area is 152 Å². The van der Waals surface area contributed by atoms with Gasteiger partial charge in [-0.2, -0.15) is 8.78 Å². The van der Waals surface area contributed by atoms with Crippen molar-refractivity contribution in [3.63, 3.8) is 0 Å². The molecule has 1 aliphatic rings. The molecule has 0 unspecified atom stereocenters. The van der Waals surface area contributed by atoms with Crippen LogP contribution in [-0.2, 0) is 11.3 Å². The van der Waals surface area contributed by atoms with Crippen LogP contribution < -0.4 is 20.1 Å². The maximum atomic E-state index is 12.7. The highest BCUT2D eigenvalue weighted by Crippen LogP contribution is 2.32. The number of para-hydroxylation sites is 1. The minimum absolute atomic E-state index is 0. The van der Waals surface area contributed by atoms with E-state index in [-0.39, 0.29) is 42.3 Å². The normalized spacial score (nSPS) is 19.9. The Hall–Kier alpha value is -1.60. The molecule has 0 aliphatic carbocycles. The van der Waals surface area contributed by atoms with Crippen molar-refractivity contribution in [3.8, 4) is 11.5 Å². The van der Waals surface area contributed by atoms with E-state index in [0.717, 1.165) is 19.4 Å². The molecular weight excluding hydrogens is 354 g/mol. The van der Waals surface area contributed by atoms with Gasteiger partial charge in [0.05, 0.1) is 6.61 Å². The van der Waals surface area contributed by atoms with Crippen molar-refractivity contribution in [1.29, 1.82) is 0 Å². The van der Waals surface area contributed by atoms with E-state index in [2.05, 4.69) is 15.4 Å². The summed E-state index contributed by atoms with van der Waals surface area (Å²) < 4.78 is 35.3. The first-order valence-electron chi connectivity index (χ1n) is 8.21. The number of nitrogens with one attached hydrogen (secondary N) is 2. The zero-order valence-corrected chi connectivity index (χ0v) is 15.2. The lowest BCUT2D eigenvalue weighted by molar-refractivity contribution is -0.126. The zero-order valence-electron chi connectivity index (χ0n) is 14.4. The van der Waals surface area contributed by atoms with Gasteiger partial charge in [-0.05, 0) is 39.3 Å². The van der Waals surface area contributed by atoms with Crippen LogP contribution in [0, 0.1) is 5.92 Å². The second-order valence-electron chi connectivity index (χ2n) is 5.85. The van der Waals surface area contributed by atoms with Crippen molar-refractivity contribution < 1.29 is 23.0 Å². The molecule has 0 radical (unpaired) electrons. The van der Waals surface area contributed by atoms with Gasteiger partial charge in [0.15, 0.2) is 11.5 Å². The van der Waals surface area contributed by atoms with Gasteiger partial charge in [0.25, 0.3) is 0 Å². The van der Waals surface area contributed by atoms with Gasteiger partial charge in [-0.15, -0.1) is 12.4 Å². The number of carbonyl (C=O) groups is 1. The first kappa shape index (κ1) is 21.4. The highest BCUT2D eigenvalue weighted by molar-refractivity contribution is 5.85. The van der Waals surface area contributed by atoms with Crippen molar-refractivity contribution in [2.45, 2.75) is 45.9 Å². The molecule has 1 aromatic rings. The molecule has 5 nitrogen and oxygen atoms in total. The SMILES string of the molecule is CCOc1cccc(CNC(=O)[C@H]2CCN[C@@H](C)C2)c1OC(F)F.Cl. The third-order valence-corrected chi connectivity index (χ3v) is 4.01. The van der Waals surface area contributed by atoms with Gasteiger partial charge in [0.2, 0.25) is 5.91 Å². The van der Waals surface area contributed by atoms with Gasteiger partial charge < -0.3 is 20.1 Å². The van der Waals surface area contributed by atoms with Crippen LogP contribution in [0.3, 0.4) is 0 Å². The third-order valence-electron chi connectivity index (χ3n) is 4.01. The van der Waals surface area contributed by atoms with E-state index in [0.29, 0.717) is 18.2 Å². The number of rotatable bonds is 7. The van der Waals surface area contributed by atoms with Crippen LogP contribution in [-0.4, -0.2) is 31.7 Å². The van der Waals surface area contributed by atoms with Gasteiger partial charge in [-0.25, -0.2) is 0 Å². The summed E-state index contributed by atoms with van der Waals surface area (Å²) in [6.45, 7) is 2.12. The maximum absolute atomic E-state index is 12.7. The number of halogens is 3. The summed E-state index contributed by atoms with van der Waals surface area (Å²) in [4.78, 5) is 12.3. The highest BCUT2D eigenvalue weighted by atomic mass is 35.5. The molecule has 0 bridgehead atoms. The van der Waals surface area contributed by atoms with Crippen molar-refractivity contribution in [2.24, 2.45) is 5.92 Å². The Kier molecular flexibility index (Phi) is 8.92. The van der Waals surface area contributed by atoms with Gasteiger partial charge in [-0.3, -0.25) is 4.79 Å². The van der Waals surface area contributed by atoms with Crippen molar-refractivity contribution in [1.82, 2.24) is 10.6 Å². The molecular formula is C17H25ClF2N2O3. The molecule has 1 aromatic carbocycles. The van der Waals surface area contributed by atoms with E-state index in [1.807, 2.05) is 6.92 Å². The number of alkyl halides is 2. The molecule has 1 saturated heterocycles. The van der Waals surface area contributed by atoms with E-state index in [9.17, 15) is 13.6 Å². The minimum atomic E-state index is -2.95. The molecule has 1 aliphatic heterocycles. The molecule has 2 rings (SSSR count). The molecule has 1 amide bonds. The smallest absolute Gasteiger partial charge is 0.387 e.